The van der Waals surface area contributed by atoms with Crippen molar-refractivity contribution in [3.05, 3.63) is 155 Å². The van der Waals surface area contributed by atoms with E-state index >= 15 is 0 Å². The van der Waals surface area contributed by atoms with E-state index in [1.807, 2.05) is 84.9 Å². The Morgan fingerprint density at radius 3 is 1.42 bits per heavy atom. The van der Waals surface area contributed by atoms with Crippen LogP contribution < -0.4 is 18.9 Å². The van der Waals surface area contributed by atoms with Crippen molar-refractivity contribution in [3.63, 3.8) is 0 Å². The zero-order chi connectivity index (χ0) is 45.8. The van der Waals surface area contributed by atoms with E-state index in [0.29, 0.717) is 42.3 Å². The fourth-order valence-corrected chi connectivity index (χ4v) is 9.30. The molecule has 0 spiro atoms. The number of hydrogen-bond acceptors (Lipinski definition) is 10. The lowest BCUT2D eigenvalue weighted by Gasteiger charge is -2.27. The van der Waals surface area contributed by atoms with Crippen molar-refractivity contribution < 1.29 is 39.4 Å². The summed E-state index contributed by atoms with van der Waals surface area (Å²) in [5.41, 5.74) is 6.98. The lowest BCUT2D eigenvalue weighted by atomic mass is 9.79. The Labute approximate surface area is 389 Å². The van der Waals surface area contributed by atoms with Crippen LogP contribution >= 0.6 is 0 Å². The van der Waals surface area contributed by atoms with Crippen molar-refractivity contribution in [2.24, 2.45) is 0 Å². The molecule has 0 amide bonds. The number of benzene rings is 6. The monoisotopic (exact) mass is 892 g/mol. The smallest absolute Gasteiger partial charge is 0.134 e. The van der Waals surface area contributed by atoms with Crippen LogP contribution in [0, 0.1) is 0 Å². The van der Waals surface area contributed by atoms with Gasteiger partial charge in [-0.25, -0.2) is 0 Å². The molecule has 6 aromatic rings. The summed E-state index contributed by atoms with van der Waals surface area (Å²) in [6.07, 6.45) is 9.37. The first-order valence-corrected chi connectivity index (χ1v) is 23.7. The van der Waals surface area contributed by atoms with Crippen molar-refractivity contribution in [3.8, 4) is 57.5 Å². The quantitative estimate of drug-likeness (QED) is 0.0792. The second-order valence-electron chi connectivity index (χ2n) is 17.9. The fraction of sp³-hybridized carbons (Fsp3) is 0.357. The maximum atomic E-state index is 10.3. The summed E-state index contributed by atoms with van der Waals surface area (Å²) in [6.45, 7) is 8.66. The van der Waals surface area contributed by atoms with Gasteiger partial charge in [-0.1, -0.05) is 37.6 Å². The number of ether oxygens (including phenoxy) is 4. The van der Waals surface area contributed by atoms with Crippen LogP contribution in [0.2, 0.25) is 0 Å². The number of nitrogens with zero attached hydrogens (tertiary/aromatic N) is 2. The van der Waals surface area contributed by atoms with Gasteiger partial charge in [0.25, 0.3) is 0 Å². The molecular weight excluding hydrogens is 829 g/mol. The summed E-state index contributed by atoms with van der Waals surface area (Å²) in [7, 11) is 2.07. The molecule has 10 nitrogen and oxygen atoms in total. The van der Waals surface area contributed by atoms with E-state index < -0.39 is 0 Å². The first kappa shape index (κ1) is 46.2. The van der Waals surface area contributed by atoms with E-state index in [-0.39, 0.29) is 23.0 Å². The highest BCUT2D eigenvalue weighted by atomic mass is 16.5. The highest BCUT2D eigenvalue weighted by Gasteiger charge is 2.26. The number of rotatable bonds is 15. The number of phenols is 4. The van der Waals surface area contributed by atoms with E-state index in [0.717, 1.165) is 97.7 Å². The van der Waals surface area contributed by atoms with Crippen molar-refractivity contribution in [1.29, 1.82) is 0 Å². The van der Waals surface area contributed by atoms with E-state index in [2.05, 4.69) is 23.8 Å². The molecule has 66 heavy (non-hydrogen) atoms. The number of aromatic hydroxyl groups is 4. The zero-order valence-electron chi connectivity index (χ0n) is 38.3. The highest BCUT2D eigenvalue weighted by Crippen LogP contribution is 2.43. The topological polar surface area (TPSA) is 124 Å². The molecular formula is C56H64N2O8. The molecule has 346 valence electrons. The lowest BCUT2D eigenvalue weighted by molar-refractivity contribution is 0.183. The van der Waals surface area contributed by atoms with Crippen LogP contribution in [-0.2, 0) is 25.7 Å². The molecule has 0 saturated carbocycles. The van der Waals surface area contributed by atoms with Gasteiger partial charge in [0.05, 0.1) is 0 Å². The van der Waals surface area contributed by atoms with E-state index in [1.54, 1.807) is 36.4 Å². The first-order valence-electron chi connectivity index (χ1n) is 23.7. The summed E-state index contributed by atoms with van der Waals surface area (Å²) in [6, 6.07) is 37.4. The molecule has 1 heterocycles. The Morgan fingerprint density at radius 1 is 0.530 bits per heavy atom. The number of likely N-dealkylation sites (tertiary alicyclic amines) is 1. The van der Waals surface area contributed by atoms with E-state index in [4.69, 9.17) is 18.9 Å². The molecule has 1 fully saturated rings. The minimum absolute atomic E-state index is 0.224. The van der Waals surface area contributed by atoms with Crippen molar-refractivity contribution in [2.75, 3.05) is 53.0 Å². The molecule has 0 radical (unpaired) electrons. The molecule has 2 atom stereocenters. The molecule has 3 aliphatic rings. The Balaban J connectivity index is 0.000000180. The third-order valence-electron chi connectivity index (χ3n) is 13.2. The SMILES string of the molecule is CCN(C)CCOc1ccc(Oc2cc(O)cc3c2CC(c2ccc(O)cc2)CC3)cc1.Oc1ccc(C2CCc3cc(O)cc(Oc4ccc(OCCN5CCCCC5)cc4)c3C2)cc1. The second-order valence-corrected chi connectivity index (χ2v) is 17.9. The number of likely N-dealkylation sites (N-methyl/N-ethyl adjacent to an activating group) is 1. The summed E-state index contributed by atoms with van der Waals surface area (Å²) in [5, 5.41) is 39.7. The van der Waals surface area contributed by atoms with Crippen LogP contribution in [0.3, 0.4) is 0 Å². The highest BCUT2D eigenvalue weighted by molar-refractivity contribution is 5.52. The third kappa shape index (κ3) is 12.5. The van der Waals surface area contributed by atoms with E-state index in [9.17, 15) is 20.4 Å². The van der Waals surface area contributed by atoms with Gasteiger partial charge in [0.15, 0.2) is 0 Å². The van der Waals surface area contributed by atoms with Gasteiger partial charge >= 0.3 is 0 Å². The summed E-state index contributed by atoms with van der Waals surface area (Å²) in [5.74, 6) is 6.22. The van der Waals surface area contributed by atoms with Gasteiger partial charge in [0, 0.05) is 25.2 Å². The number of fused-ring (bicyclic) bond motifs is 2. The molecule has 4 N–H and O–H groups in total. The van der Waals surface area contributed by atoms with Gasteiger partial charge in [-0.3, -0.25) is 4.90 Å². The minimum atomic E-state index is 0.224. The molecule has 10 heteroatoms. The maximum absolute atomic E-state index is 10.3. The molecule has 6 aromatic carbocycles. The van der Waals surface area contributed by atoms with Crippen LogP contribution in [0.5, 0.6) is 57.5 Å². The lowest BCUT2D eigenvalue weighted by Crippen LogP contribution is -2.33. The molecule has 1 saturated heterocycles. The fourth-order valence-electron chi connectivity index (χ4n) is 9.30. The Kier molecular flexibility index (Phi) is 15.5. The summed E-state index contributed by atoms with van der Waals surface area (Å²) < 4.78 is 24.2. The summed E-state index contributed by atoms with van der Waals surface area (Å²) in [4.78, 5) is 4.67. The predicted molar refractivity (Wildman–Crippen MR) is 259 cm³/mol. The van der Waals surface area contributed by atoms with Gasteiger partial charge in [-0.15, -0.1) is 0 Å². The van der Waals surface area contributed by atoms with Gasteiger partial charge in [0.1, 0.15) is 70.7 Å². The van der Waals surface area contributed by atoms with Crippen molar-refractivity contribution in [2.45, 2.75) is 76.5 Å². The van der Waals surface area contributed by atoms with E-state index in [1.165, 1.54) is 43.5 Å². The normalized spacial score (nSPS) is 16.9. The molecule has 9 rings (SSSR count). The molecule has 0 bridgehead atoms. The minimum Gasteiger partial charge on any atom is -0.508 e. The molecule has 2 aliphatic carbocycles. The Morgan fingerprint density at radius 2 is 0.970 bits per heavy atom. The predicted octanol–water partition coefficient (Wildman–Crippen LogP) is 11.5. The molecule has 0 aromatic heterocycles. The Bertz CT molecular complexity index is 2470. The number of hydrogen-bond donors (Lipinski definition) is 4. The number of phenolic OH excluding ortho intramolecular Hbond substituents is 4. The van der Waals surface area contributed by atoms with Gasteiger partial charge in [-0.2, -0.15) is 0 Å². The molecule has 1 aliphatic heterocycles. The summed E-state index contributed by atoms with van der Waals surface area (Å²) >= 11 is 0. The zero-order valence-corrected chi connectivity index (χ0v) is 38.3. The van der Waals surface area contributed by atoms with Crippen LogP contribution in [0.1, 0.15) is 84.2 Å². The van der Waals surface area contributed by atoms with Gasteiger partial charge in [-0.05, 0) is 208 Å². The van der Waals surface area contributed by atoms with Gasteiger partial charge < -0.3 is 44.3 Å². The number of piperidine rings is 1. The van der Waals surface area contributed by atoms with Gasteiger partial charge in [0.2, 0.25) is 0 Å². The van der Waals surface area contributed by atoms with Crippen LogP contribution in [0.4, 0.5) is 0 Å². The maximum Gasteiger partial charge on any atom is 0.134 e. The Hall–Kier alpha value is -6.36. The molecule has 2 unspecified atom stereocenters. The average molecular weight is 893 g/mol. The first-order chi connectivity index (χ1) is 32.1. The second kappa shape index (κ2) is 22.2. The van der Waals surface area contributed by atoms with Crippen molar-refractivity contribution >= 4 is 0 Å². The third-order valence-corrected chi connectivity index (χ3v) is 13.2. The van der Waals surface area contributed by atoms with Crippen LogP contribution in [0.25, 0.3) is 0 Å². The van der Waals surface area contributed by atoms with Crippen molar-refractivity contribution in [1.82, 2.24) is 9.80 Å². The largest absolute Gasteiger partial charge is 0.508 e. The average Bonchev–Trinajstić information content (AvgIpc) is 3.33. The standard InChI is InChI=1S/C29H33NO4.C27H31NO4/c31-24-8-6-21(7-9-24)22-4-5-23-18-25(32)20-29(28(23)19-22)34-27-12-10-26(11-13-27)33-17-16-30-14-2-1-3-15-30;1-3-28(2)14-15-31-24-10-12-25(13-11-24)32-27-18-23(30)16-21-5-4-20(17-26(21)27)19-6-8-22(29)9-7-19/h6-13,18,20,22,31-32H,1-5,14-17,19H2;6-13,16,18,20,29-30H,3-5,14-15,17H2,1-2H3. The number of aryl methyl sites for hydroxylation is 2. The van der Waals surface area contributed by atoms with Crippen LogP contribution in [-0.4, -0.2) is 83.2 Å². The van der Waals surface area contributed by atoms with Crippen LogP contribution in [0.15, 0.2) is 121 Å².